The number of hydrogen-bond donors (Lipinski definition) is 2. The largest absolute Gasteiger partial charge is 0.320 e. The predicted molar refractivity (Wildman–Crippen MR) is 74.4 cm³/mol. The lowest BCUT2D eigenvalue weighted by atomic mass is 9.92. The zero-order valence-corrected chi connectivity index (χ0v) is 11.1. The van der Waals surface area contributed by atoms with Crippen LogP contribution in [0.1, 0.15) is 19.3 Å². The Balaban J connectivity index is 1.70. The molecule has 6 nitrogen and oxygen atoms in total. The van der Waals surface area contributed by atoms with Gasteiger partial charge in [-0.15, -0.1) is 0 Å². The van der Waals surface area contributed by atoms with Crippen molar-refractivity contribution in [2.75, 3.05) is 18.4 Å². The predicted octanol–water partition coefficient (Wildman–Crippen LogP) is 1.92. The van der Waals surface area contributed by atoms with Gasteiger partial charge in [0.15, 0.2) is 0 Å². The third-order valence-corrected chi connectivity index (χ3v) is 4.46. The van der Waals surface area contributed by atoms with E-state index in [1.807, 2.05) is 0 Å². The van der Waals surface area contributed by atoms with Gasteiger partial charge in [0.2, 0.25) is 5.91 Å². The van der Waals surface area contributed by atoms with Crippen LogP contribution >= 0.6 is 0 Å². The first-order chi connectivity index (χ1) is 9.62. The number of rotatable bonds is 3. The van der Waals surface area contributed by atoms with E-state index < -0.39 is 4.92 Å². The molecule has 2 aliphatic rings. The summed E-state index contributed by atoms with van der Waals surface area (Å²) in [6.45, 7) is 1.91. The van der Waals surface area contributed by atoms with E-state index in [-0.39, 0.29) is 22.9 Å². The minimum atomic E-state index is -0.469. The van der Waals surface area contributed by atoms with Gasteiger partial charge in [-0.1, -0.05) is 12.1 Å². The summed E-state index contributed by atoms with van der Waals surface area (Å²) in [5.74, 6) is -0.0781. The number of anilines is 1. The van der Waals surface area contributed by atoms with Crippen LogP contribution in [0.15, 0.2) is 24.3 Å². The highest BCUT2D eigenvalue weighted by Crippen LogP contribution is 2.58. The lowest BCUT2D eigenvalue weighted by Gasteiger charge is -2.23. The van der Waals surface area contributed by atoms with E-state index in [1.165, 1.54) is 6.07 Å². The Hall–Kier alpha value is -1.95. The van der Waals surface area contributed by atoms with E-state index in [1.54, 1.807) is 18.2 Å². The van der Waals surface area contributed by atoms with Gasteiger partial charge in [0.05, 0.1) is 4.92 Å². The third-order valence-electron chi connectivity index (χ3n) is 4.46. The highest BCUT2D eigenvalue weighted by Gasteiger charge is 2.57. The molecule has 2 fully saturated rings. The number of nitrogens with zero attached hydrogens (tertiary/aromatic N) is 1. The molecule has 0 radical (unpaired) electrons. The Morgan fingerprint density at radius 3 is 2.75 bits per heavy atom. The molecular weight excluding hydrogens is 258 g/mol. The summed E-state index contributed by atoms with van der Waals surface area (Å²) in [6.07, 6.45) is 2.94. The van der Waals surface area contributed by atoms with Crippen molar-refractivity contribution >= 4 is 17.3 Å². The molecule has 1 heterocycles. The minimum Gasteiger partial charge on any atom is -0.320 e. The number of nitrogens with one attached hydrogen (secondary N) is 2. The van der Waals surface area contributed by atoms with Crippen LogP contribution in [0.4, 0.5) is 11.4 Å². The first-order valence-electron chi connectivity index (χ1n) is 6.87. The van der Waals surface area contributed by atoms with Crippen molar-refractivity contribution in [3.63, 3.8) is 0 Å². The van der Waals surface area contributed by atoms with Gasteiger partial charge in [0, 0.05) is 12.0 Å². The van der Waals surface area contributed by atoms with Gasteiger partial charge in [-0.3, -0.25) is 14.9 Å². The fourth-order valence-electron chi connectivity index (χ4n) is 3.15. The van der Waals surface area contributed by atoms with Crippen molar-refractivity contribution in [2.24, 2.45) is 11.3 Å². The van der Waals surface area contributed by atoms with Crippen LogP contribution in [0, 0.1) is 21.4 Å². The first kappa shape index (κ1) is 13.1. The molecule has 106 valence electrons. The van der Waals surface area contributed by atoms with Crippen molar-refractivity contribution in [1.82, 2.24) is 5.32 Å². The Morgan fingerprint density at radius 1 is 1.35 bits per heavy atom. The van der Waals surface area contributed by atoms with Gasteiger partial charge in [-0.2, -0.15) is 0 Å². The first-order valence-corrected chi connectivity index (χ1v) is 6.87. The van der Waals surface area contributed by atoms with Crippen LogP contribution in [0.3, 0.4) is 0 Å². The van der Waals surface area contributed by atoms with Crippen molar-refractivity contribution < 1.29 is 9.72 Å². The molecule has 20 heavy (non-hydrogen) atoms. The van der Waals surface area contributed by atoms with Crippen LogP contribution in [0.5, 0.6) is 0 Å². The molecule has 1 aliphatic heterocycles. The minimum absolute atomic E-state index is 0.00408. The third kappa shape index (κ3) is 2.27. The van der Waals surface area contributed by atoms with E-state index >= 15 is 0 Å². The Bertz CT molecular complexity index is 552. The van der Waals surface area contributed by atoms with Gasteiger partial charge in [-0.05, 0) is 43.8 Å². The van der Waals surface area contributed by atoms with Gasteiger partial charge in [0.25, 0.3) is 5.69 Å². The highest BCUT2D eigenvalue weighted by atomic mass is 16.6. The lowest BCUT2D eigenvalue weighted by Crippen LogP contribution is -2.31. The van der Waals surface area contributed by atoms with Gasteiger partial charge in [0.1, 0.15) is 5.69 Å². The van der Waals surface area contributed by atoms with Gasteiger partial charge >= 0.3 is 0 Å². The molecule has 2 N–H and O–H groups in total. The highest BCUT2D eigenvalue weighted by molar-refractivity contribution is 5.96. The molecule has 1 unspecified atom stereocenters. The smallest absolute Gasteiger partial charge is 0.292 e. The molecule has 1 amide bonds. The summed E-state index contributed by atoms with van der Waals surface area (Å²) < 4.78 is 0. The molecule has 1 spiro atoms. The number of hydrogen-bond acceptors (Lipinski definition) is 4. The molecule has 1 aliphatic carbocycles. The van der Waals surface area contributed by atoms with Crippen LogP contribution in [0.2, 0.25) is 0 Å². The van der Waals surface area contributed by atoms with Crippen LogP contribution in [0.25, 0.3) is 0 Å². The Morgan fingerprint density at radius 2 is 2.05 bits per heavy atom. The number of para-hydroxylation sites is 2. The van der Waals surface area contributed by atoms with Crippen molar-refractivity contribution in [3.8, 4) is 0 Å². The maximum Gasteiger partial charge on any atom is 0.292 e. The maximum atomic E-state index is 12.3. The average Bonchev–Trinajstić information content (AvgIpc) is 3.13. The maximum absolute atomic E-state index is 12.3. The second-order valence-electron chi connectivity index (χ2n) is 5.63. The number of piperidine rings is 1. The van der Waals surface area contributed by atoms with E-state index in [0.717, 1.165) is 32.4 Å². The van der Waals surface area contributed by atoms with E-state index in [0.29, 0.717) is 5.69 Å². The Labute approximate surface area is 116 Å². The molecule has 1 aromatic carbocycles. The zero-order chi connectivity index (χ0) is 14.2. The molecule has 0 bridgehead atoms. The van der Waals surface area contributed by atoms with Gasteiger partial charge in [-0.25, -0.2) is 0 Å². The van der Waals surface area contributed by atoms with E-state index in [2.05, 4.69) is 10.6 Å². The second-order valence-corrected chi connectivity index (χ2v) is 5.63. The number of carbonyl (C=O) groups is 1. The number of amides is 1. The van der Waals surface area contributed by atoms with Crippen LogP contribution < -0.4 is 10.6 Å². The number of nitro benzene ring substituents is 1. The second kappa shape index (κ2) is 4.86. The number of nitro groups is 1. The normalized spacial score (nSPS) is 23.3. The molecule has 1 saturated carbocycles. The molecule has 1 atom stereocenters. The summed E-state index contributed by atoms with van der Waals surface area (Å²) >= 11 is 0. The van der Waals surface area contributed by atoms with E-state index in [4.69, 9.17) is 0 Å². The fourth-order valence-corrected chi connectivity index (χ4v) is 3.15. The molecule has 6 heteroatoms. The molecule has 3 rings (SSSR count). The quantitative estimate of drug-likeness (QED) is 0.652. The SMILES string of the molecule is O=C(Nc1ccccc1[N+](=O)[O-])C1CC12CCNCC2. The molecular formula is C14H17N3O3. The summed E-state index contributed by atoms with van der Waals surface area (Å²) in [6, 6.07) is 6.27. The van der Waals surface area contributed by atoms with Crippen molar-refractivity contribution in [2.45, 2.75) is 19.3 Å². The standard InChI is InChI=1S/C14H17N3O3/c18-13(10-9-14(10)5-7-15-8-6-14)16-11-3-1-2-4-12(11)17(19)20/h1-4,10,15H,5-9H2,(H,16,18). The average molecular weight is 275 g/mol. The fraction of sp³-hybridized carbons (Fsp3) is 0.500. The molecule has 1 aromatic rings. The van der Waals surface area contributed by atoms with Crippen LogP contribution in [-0.2, 0) is 4.79 Å². The zero-order valence-electron chi connectivity index (χ0n) is 11.1. The monoisotopic (exact) mass is 275 g/mol. The van der Waals surface area contributed by atoms with Crippen molar-refractivity contribution in [3.05, 3.63) is 34.4 Å². The van der Waals surface area contributed by atoms with E-state index in [9.17, 15) is 14.9 Å². The summed E-state index contributed by atoms with van der Waals surface area (Å²) in [5, 5.41) is 16.9. The number of carbonyl (C=O) groups excluding carboxylic acids is 1. The summed E-state index contributed by atoms with van der Waals surface area (Å²) in [5.41, 5.74) is 0.373. The van der Waals surface area contributed by atoms with Crippen molar-refractivity contribution in [1.29, 1.82) is 0 Å². The molecule has 0 aromatic heterocycles. The van der Waals surface area contributed by atoms with Gasteiger partial charge < -0.3 is 10.6 Å². The number of benzene rings is 1. The molecule has 1 saturated heterocycles. The lowest BCUT2D eigenvalue weighted by molar-refractivity contribution is -0.383. The summed E-state index contributed by atoms with van der Waals surface area (Å²) in [4.78, 5) is 22.7. The topological polar surface area (TPSA) is 84.3 Å². The summed E-state index contributed by atoms with van der Waals surface area (Å²) in [7, 11) is 0. The van der Waals surface area contributed by atoms with Crippen LogP contribution in [-0.4, -0.2) is 23.9 Å². The Kier molecular flexibility index (Phi) is 3.17.